The minimum absolute atomic E-state index is 0.186. The number of esters is 1. The lowest BCUT2D eigenvalue weighted by Crippen LogP contribution is -2.14. The average molecular weight is 196 g/mol. The summed E-state index contributed by atoms with van der Waals surface area (Å²) in [7, 11) is 1.30. The second-order valence-electron chi connectivity index (χ2n) is 2.51. The van der Waals surface area contributed by atoms with Gasteiger partial charge in [0.15, 0.2) is 5.69 Å². The molecule has 0 aliphatic carbocycles. The molecule has 1 aromatic heterocycles. The standard InChI is InChI=1S/C8H12N4O2/c1-14-8(13)6-2-3-7(12-11-6)10-5-4-9/h2-3H,4-5,9H2,1H3,(H,10,12). The monoisotopic (exact) mass is 196 g/mol. The molecule has 1 rings (SSSR count). The first kappa shape index (κ1) is 10.4. The van der Waals surface area contributed by atoms with Gasteiger partial charge >= 0.3 is 5.97 Å². The topological polar surface area (TPSA) is 90.1 Å². The molecule has 1 aromatic rings. The molecule has 1 heterocycles. The molecule has 0 atom stereocenters. The molecule has 6 heteroatoms. The van der Waals surface area contributed by atoms with Crippen LogP contribution in [0.4, 0.5) is 5.82 Å². The van der Waals surface area contributed by atoms with Crippen molar-refractivity contribution in [2.24, 2.45) is 5.73 Å². The maximum Gasteiger partial charge on any atom is 0.358 e. The SMILES string of the molecule is COC(=O)c1ccc(NCCN)nn1. The van der Waals surface area contributed by atoms with Crippen molar-refractivity contribution in [1.82, 2.24) is 10.2 Å². The van der Waals surface area contributed by atoms with Crippen LogP contribution in [0.2, 0.25) is 0 Å². The second-order valence-corrected chi connectivity index (χ2v) is 2.51. The molecule has 0 fully saturated rings. The van der Waals surface area contributed by atoms with E-state index in [1.165, 1.54) is 13.2 Å². The summed E-state index contributed by atoms with van der Waals surface area (Å²) in [5, 5.41) is 10.4. The number of rotatable bonds is 4. The first-order valence-electron chi connectivity index (χ1n) is 4.14. The van der Waals surface area contributed by atoms with Crippen LogP contribution in [0.15, 0.2) is 12.1 Å². The van der Waals surface area contributed by atoms with E-state index in [-0.39, 0.29) is 5.69 Å². The van der Waals surface area contributed by atoms with Gasteiger partial charge in [0, 0.05) is 13.1 Å². The highest BCUT2D eigenvalue weighted by Gasteiger charge is 2.06. The van der Waals surface area contributed by atoms with Crippen LogP contribution in [-0.2, 0) is 4.74 Å². The smallest absolute Gasteiger partial charge is 0.358 e. The number of methoxy groups -OCH3 is 1. The molecule has 0 aliphatic rings. The predicted molar refractivity (Wildman–Crippen MR) is 50.9 cm³/mol. The van der Waals surface area contributed by atoms with Crippen molar-refractivity contribution in [3.05, 3.63) is 17.8 Å². The molecular weight excluding hydrogens is 184 g/mol. The normalized spacial score (nSPS) is 9.57. The molecule has 0 amide bonds. The zero-order chi connectivity index (χ0) is 10.4. The number of carbonyl (C=O) groups is 1. The lowest BCUT2D eigenvalue weighted by molar-refractivity contribution is 0.0593. The minimum atomic E-state index is -0.497. The summed E-state index contributed by atoms with van der Waals surface area (Å²) in [5.41, 5.74) is 5.48. The molecule has 14 heavy (non-hydrogen) atoms. The Labute approximate surface area is 81.5 Å². The van der Waals surface area contributed by atoms with Crippen molar-refractivity contribution in [3.63, 3.8) is 0 Å². The summed E-state index contributed by atoms with van der Waals surface area (Å²) in [6.07, 6.45) is 0. The molecule has 0 bridgehead atoms. The summed E-state index contributed by atoms with van der Waals surface area (Å²) in [6, 6.07) is 3.19. The van der Waals surface area contributed by atoms with Gasteiger partial charge in [-0.15, -0.1) is 10.2 Å². The number of nitrogens with zero attached hydrogens (tertiary/aromatic N) is 2. The Bertz CT molecular complexity index is 299. The van der Waals surface area contributed by atoms with Crippen molar-refractivity contribution in [2.75, 3.05) is 25.5 Å². The van der Waals surface area contributed by atoms with Gasteiger partial charge in [0.2, 0.25) is 0 Å². The highest BCUT2D eigenvalue weighted by Crippen LogP contribution is 2.01. The van der Waals surface area contributed by atoms with Crippen LogP contribution in [0, 0.1) is 0 Å². The molecule has 6 nitrogen and oxygen atoms in total. The van der Waals surface area contributed by atoms with Gasteiger partial charge in [-0.3, -0.25) is 0 Å². The van der Waals surface area contributed by atoms with Crippen molar-refractivity contribution < 1.29 is 9.53 Å². The third kappa shape index (κ3) is 2.67. The van der Waals surface area contributed by atoms with Crippen molar-refractivity contribution in [1.29, 1.82) is 0 Å². The van der Waals surface area contributed by atoms with E-state index in [9.17, 15) is 4.79 Å². The molecule has 0 spiro atoms. The van der Waals surface area contributed by atoms with Gasteiger partial charge in [-0.05, 0) is 12.1 Å². The molecule has 3 N–H and O–H groups in total. The maximum atomic E-state index is 11.0. The summed E-state index contributed by atoms with van der Waals surface area (Å²) >= 11 is 0. The highest BCUT2D eigenvalue weighted by molar-refractivity contribution is 5.86. The summed E-state index contributed by atoms with van der Waals surface area (Å²) in [5.74, 6) is 0.0889. The van der Waals surface area contributed by atoms with Gasteiger partial charge in [-0.1, -0.05) is 0 Å². The molecule has 0 unspecified atom stereocenters. The fourth-order valence-corrected chi connectivity index (χ4v) is 0.840. The zero-order valence-corrected chi connectivity index (χ0v) is 7.86. The van der Waals surface area contributed by atoms with Crippen LogP contribution in [0.5, 0.6) is 0 Å². The molecule has 76 valence electrons. The number of nitrogens with two attached hydrogens (primary N) is 1. The van der Waals surface area contributed by atoms with E-state index in [2.05, 4.69) is 20.3 Å². The van der Waals surface area contributed by atoms with Gasteiger partial charge in [0.25, 0.3) is 0 Å². The van der Waals surface area contributed by atoms with Crippen LogP contribution in [0.1, 0.15) is 10.5 Å². The summed E-state index contributed by atoms with van der Waals surface area (Å²) < 4.78 is 4.48. The molecule has 0 saturated carbocycles. The van der Waals surface area contributed by atoms with E-state index in [1.807, 2.05) is 0 Å². The number of anilines is 1. The van der Waals surface area contributed by atoms with Crippen molar-refractivity contribution in [3.8, 4) is 0 Å². The first-order valence-corrected chi connectivity index (χ1v) is 4.14. The Morgan fingerprint density at radius 1 is 1.57 bits per heavy atom. The van der Waals surface area contributed by atoms with Crippen LogP contribution in [0.25, 0.3) is 0 Å². The van der Waals surface area contributed by atoms with Crippen LogP contribution in [0.3, 0.4) is 0 Å². The third-order valence-electron chi connectivity index (χ3n) is 1.51. The number of carbonyl (C=O) groups excluding carboxylic acids is 1. The quantitative estimate of drug-likeness (QED) is 0.639. The number of ether oxygens (including phenoxy) is 1. The third-order valence-corrected chi connectivity index (χ3v) is 1.51. The zero-order valence-electron chi connectivity index (χ0n) is 7.86. The average Bonchev–Trinajstić information content (AvgIpc) is 2.26. The Hall–Kier alpha value is -1.69. The predicted octanol–water partition coefficient (Wildman–Crippen LogP) is -0.366. The lowest BCUT2D eigenvalue weighted by Gasteiger charge is -2.02. The fourth-order valence-electron chi connectivity index (χ4n) is 0.840. The van der Waals surface area contributed by atoms with Gasteiger partial charge in [0.05, 0.1) is 7.11 Å². The Morgan fingerprint density at radius 3 is 2.86 bits per heavy atom. The highest BCUT2D eigenvalue weighted by atomic mass is 16.5. The van der Waals surface area contributed by atoms with Gasteiger partial charge in [0.1, 0.15) is 5.82 Å². The van der Waals surface area contributed by atoms with Crippen molar-refractivity contribution >= 4 is 11.8 Å². The van der Waals surface area contributed by atoms with Gasteiger partial charge < -0.3 is 15.8 Å². The maximum absolute atomic E-state index is 11.0. The van der Waals surface area contributed by atoms with Crippen molar-refractivity contribution in [2.45, 2.75) is 0 Å². The van der Waals surface area contributed by atoms with Gasteiger partial charge in [-0.25, -0.2) is 4.79 Å². The Kier molecular flexibility index (Phi) is 3.81. The molecule has 0 aromatic carbocycles. The number of nitrogens with one attached hydrogen (secondary N) is 1. The molecule has 0 aliphatic heterocycles. The van der Waals surface area contributed by atoms with E-state index in [1.54, 1.807) is 6.07 Å². The molecular formula is C8H12N4O2. The number of hydrogen-bond acceptors (Lipinski definition) is 6. The minimum Gasteiger partial charge on any atom is -0.464 e. The van der Waals surface area contributed by atoms with Crippen LogP contribution in [-0.4, -0.2) is 36.4 Å². The van der Waals surface area contributed by atoms with Gasteiger partial charge in [-0.2, -0.15) is 0 Å². The summed E-state index contributed by atoms with van der Waals surface area (Å²) in [4.78, 5) is 11.0. The first-order chi connectivity index (χ1) is 6.77. The summed E-state index contributed by atoms with van der Waals surface area (Å²) in [6.45, 7) is 1.13. The molecule has 0 radical (unpaired) electrons. The van der Waals surface area contributed by atoms with E-state index in [4.69, 9.17) is 5.73 Å². The second kappa shape index (κ2) is 5.13. The fraction of sp³-hybridized carbons (Fsp3) is 0.375. The molecule has 0 saturated heterocycles. The largest absolute Gasteiger partial charge is 0.464 e. The number of hydrogen-bond donors (Lipinski definition) is 2. The van der Waals surface area contributed by atoms with E-state index in [0.717, 1.165) is 0 Å². The van der Waals surface area contributed by atoms with Crippen LogP contribution >= 0.6 is 0 Å². The Morgan fingerprint density at radius 2 is 2.36 bits per heavy atom. The van der Waals surface area contributed by atoms with E-state index in [0.29, 0.717) is 18.9 Å². The number of aromatic nitrogens is 2. The lowest BCUT2D eigenvalue weighted by atomic mass is 10.4. The van der Waals surface area contributed by atoms with E-state index >= 15 is 0 Å². The van der Waals surface area contributed by atoms with E-state index < -0.39 is 5.97 Å². The Balaban J connectivity index is 2.63. The van der Waals surface area contributed by atoms with Crippen LogP contribution < -0.4 is 11.1 Å².